The average Bonchev–Trinajstić information content (AvgIpc) is 2.36. The van der Waals surface area contributed by atoms with E-state index in [1.165, 1.54) is 6.07 Å². The summed E-state index contributed by atoms with van der Waals surface area (Å²) in [5, 5.41) is 2.19. The minimum absolute atomic E-state index is 0.224. The van der Waals surface area contributed by atoms with Gasteiger partial charge in [-0.1, -0.05) is 0 Å². The van der Waals surface area contributed by atoms with E-state index in [4.69, 9.17) is 9.47 Å². The molecule has 0 spiro atoms. The van der Waals surface area contributed by atoms with Crippen molar-refractivity contribution >= 4 is 27.7 Å². The third kappa shape index (κ3) is 3.92. The van der Waals surface area contributed by atoms with Crippen LogP contribution in [-0.2, 0) is 4.74 Å². The molecule has 110 valence electrons. The summed E-state index contributed by atoms with van der Waals surface area (Å²) in [6, 6.07) is 2.99. The van der Waals surface area contributed by atoms with Gasteiger partial charge >= 0.3 is 12.3 Å². The van der Waals surface area contributed by atoms with Crippen LogP contribution in [0.5, 0.6) is 11.5 Å². The second-order valence-corrected chi connectivity index (χ2v) is 4.65. The smallest absolute Gasteiger partial charge is 0.422 e. The Bertz CT molecular complexity index is 521. The van der Waals surface area contributed by atoms with E-state index in [9.17, 15) is 18.0 Å². The van der Waals surface area contributed by atoms with Crippen LogP contribution < -0.4 is 14.8 Å². The molecule has 1 aromatic carbocycles. The summed E-state index contributed by atoms with van der Waals surface area (Å²) in [6.45, 7) is -0.895. The zero-order valence-corrected chi connectivity index (χ0v) is 11.5. The number of amides is 1. The summed E-state index contributed by atoms with van der Waals surface area (Å²) in [5.41, 5.74) is 0.224. The molecule has 0 aromatic heterocycles. The monoisotopic (exact) mass is 355 g/mol. The molecule has 9 heteroatoms. The molecule has 1 heterocycles. The summed E-state index contributed by atoms with van der Waals surface area (Å²) in [5.74, 6) is 0.878. The second kappa shape index (κ2) is 5.78. The normalized spacial score (nSPS) is 13.8. The number of carbonyl (C=O) groups excluding carboxylic acids is 1. The number of benzene rings is 1. The standard InChI is InChI=1S/C11H9BrF3NO4/c12-6-3-8-9(19-2-1-18-8)4-7(6)16-10(17)20-5-11(13,14)15/h3-4H,1-2,5H2,(H,16,17). The average molecular weight is 356 g/mol. The number of fused-ring (bicyclic) bond motifs is 1. The van der Waals surface area contributed by atoms with Gasteiger partial charge in [-0.3, -0.25) is 5.32 Å². The van der Waals surface area contributed by atoms with Gasteiger partial charge in [0.1, 0.15) is 13.2 Å². The highest BCUT2D eigenvalue weighted by atomic mass is 79.9. The lowest BCUT2D eigenvalue weighted by molar-refractivity contribution is -0.159. The highest BCUT2D eigenvalue weighted by molar-refractivity contribution is 9.10. The van der Waals surface area contributed by atoms with Crippen molar-refractivity contribution in [3.8, 4) is 11.5 Å². The molecule has 2 rings (SSSR count). The Morgan fingerprint density at radius 1 is 1.30 bits per heavy atom. The molecule has 1 aromatic rings. The first kappa shape index (κ1) is 14.8. The third-order valence-electron chi connectivity index (χ3n) is 2.24. The van der Waals surface area contributed by atoms with E-state index in [-0.39, 0.29) is 5.69 Å². The molecule has 5 nitrogen and oxygen atoms in total. The van der Waals surface area contributed by atoms with Crippen molar-refractivity contribution < 1.29 is 32.2 Å². The number of halogens is 4. The van der Waals surface area contributed by atoms with Gasteiger partial charge in [0.25, 0.3) is 0 Å². The van der Waals surface area contributed by atoms with E-state index in [0.29, 0.717) is 29.2 Å². The maximum absolute atomic E-state index is 11.9. The van der Waals surface area contributed by atoms with Crippen LogP contribution in [0.2, 0.25) is 0 Å². The fraction of sp³-hybridized carbons (Fsp3) is 0.364. The number of nitrogens with one attached hydrogen (secondary N) is 1. The van der Waals surface area contributed by atoms with Crippen LogP contribution >= 0.6 is 15.9 Å². The van der Waals surface area contributed by atoms with Crippen molar-refractivity contribution in [3.63, 3.8) is 0 Å². The molecule has 0 radical (unpaired) electrons. The summed E-state index contributed by atoms with van der Waals surface area (Å²) in [6.07, 6.45) is -5.78. The number of hydrogen-bond donors (Lipinski definition) is 1. The van der Waals surface area contributed by atoms with Crippen molar-refractivity contribution in [2.75, 3.05) is 25.1 Å². The van der Waals surface area contributed by atoms with E-state index >= 15 is 0 Å². The first-order chi connectivity index (χ1) is 9.35. The summed E-state index contributed by atoms with van der Waals surface area (Å²) >= 11 is 3.17. The van der Waals surface area contributed by atoms with E-state index in [1.54, 1.807) is 6.07 Å². The van der Waals surface area contributed by atoms with Crippen LogP contribution in [0.3, 0.4) is 0 Å². The number of carbonyl (C=O) groups is 1. The zero-order chi connectivity index (χ0) is 14.8. The molecule has 0 saturated carbocycles. The van der Waals surface area contributed by atoms with Crippen molar-refractivity contribution in [3.05, 3.63) is 16.6 Å². The van der Waals surface area contributed by atoms with Crippen molar-refractivity contribution in [2.24, 2.45) is 0 Å². The molecular formula is C11H9BrF3NO4. The van der Waals surface area contributed by atoms with E-state index in [1.807, 2.05) is 0 Å². The van der Waals surface area contributed by atoms with Crippen molar-refractivity contribution in [2.45, 2.75) is 6.18 Å². The van der Waals surface area contributed by atoms with Crippen LogP contribution in [0.4, 0.5) is 23.7 Å². The fourth-order valence-electron chi connectivity index (χ4n) is 1.45. The van der Waals surface area contributed by atoms with Gasteiger partial charge < -0.3 is 14.2 Å². The Hall–Kier alpha value is -1.64. The number of anilines is 1. The molecule has 20 heavy (non-hydrogen) atoms. The minimum Gasteiger partial charge on any atom is -0.486 e. The van der Waals surface area contributed by atoms with Crippen LogP contribution in [0.25, 0.3) is 0 Å². The van der Waals surface area contributed by atoms with Crippen LogP contribution in [-0.4, -0.2) is 32.1 Å². The number of rotatable bonds is 2. The molecule has 0 atom stereocenters. The highest BCUT2D eigenvalue weighted by Crippen LogP contribution is 2.38. The molecule has 0 aliphatic carbocycles. The molecule has 0 bridgehead atoms. The summed E-state index contributed by atoms with van der Waals surface area (Å²) in [7, 11) is 0. The predicted molar refractivity (Wildman–Crippen MR) is 66.2 cm³/mol. The maximum atomic E-state index is 11.9. The van der Waals surface area contributed by atoms with Gasteiger partial charge in [0, 0.05) is 16.6 Å². The first-order valence-electron chi connectivity index (χ1n) is 5.45. The Morgan fingerprint density at radius 2 is 1.90 bits per heavy atom. The third-order valence-corrected chi connectivity index (χ3v) is 2.89. The number of hydrogen-bond acceptors (Lipinski definition) is 4. The molecule has 1 aliphatic rings. The van der Waals surface area contributed by atoms with Gasteiger partial charge in [-0.25, -0.2) is 4.79 Å². The molecule has 0 unspecified atom stereocenters. The van der Waals surface area contributed by atoms with Crippen molar-refractivity contribution in [1.82, 2.24) is 0 Å². The lowest BCUT2D eigenvalue weighted by atomic mass is 10.2. The van der Waals surface area contributed by atoms with Gasteiger partial charge in [0.2, 0.25) is 0 Å². The lowest BCUT2D eigenvalue weighted by Gasteiger charge is -2.20. The van der Waals surface area contributed by atoms with Gasteiger partial charge in [-0.2, -0.15) is 13.2 Å². The lowest BCUT2D eigenvalue weighted by Crippen LogP contribution is -2.23. The van der Waals surface area contributed by atoms with Crippen molar-refractivity contribution in [1.29, 1.82) is 0 Å². The summed E-state index contributed by atoms with van der Waals surface area (Å²) < 4.78 is 50.8. The zero-order valence-electron chi connectivity index (χ0n) is 9.92. The van der Waals surface area contributed by atoms with Gasteiger partial charge in [-0.15, -0.1) is 0 Å². The Balaban J connectivity index is 2.04. The second-order valence-electron chi connectivity index (χ2n) is 3.79. The highest BCUT2D eigenvalue weighted by Gasteiger charge is 2.29. The molecular weight excluding hydrogens is 347 g/mol. The molecule has 1 aliphatic heterocycles. The quantitative estimate of drug-likeness (QED) is 0.883. The Morgan fingerprint density at radius 3 is 2.50 bits per heavy atom. The number of ether oxygens (including phenoxy) is 3. The maximum Gasteiger partial charge on any atom is 0.422 e. The molecule has 1 N–H and O–H groups in total. The largest absolute Gasteiger partial charge is 0.486 e. The molecule has 1 amide bonds. The van der Waals surface area contributed by atoms with E-state index < -0.39 is 18.9 Å². The van der Waals surface area contributed by atoms with E-state index in [2.05, 4.69) is 26.0 Å². The fourth-order valence-corrected chi connectivity index (χ4v) is 1.87. The van der Waals surface area contributed by atoms with E-state index in [0.717, 1.165) is 0 Å². The van der Waals surface area contributed by atoms with Gasteiger partial charge in [-0.05, 0) is 15.9 Å². The predicted octanol–water partition coefficient (Wildman–Crippen LogP) is 3.33. The van der Waals surface area contributed by atoms with Gasteiger partial charge in [0.15, 0.2) is 18.1 Å². The van der Waals surface area contributed by atoms with Crippen LogP contribution in [0, 0.1) is 0 Å². The van der Waals surface area contributed by atoms with Gasteiger partial charge in [0.05, 0.1) is 5.69 Å². The topological polar surface area (TPSA) is 56.8 Å². The Labute approximate surface area is 120 Å². The number of alkyl halides is 3. The van der Waals surface area contributed by atoms with Crippen LogP contribution in [0.1, 0.15) is 0 Å². The summed E-state index contributed by atoms with van der Waals surface area (Å²) in [4.78, 5) is 11.3. The first-order valence-corrected chi connectivity index (χ1v) is 6.24. The Kier molecular flexibility index (Phi) is 4.26. The molecule has 0 saturated heterocycles. The molecule has 0 fully saturated rings. The van der Waals surface area contributed by atoms with Crippen LogP contribution in [0.15, 0.2) is 16.6 Å². The minimum atomic E-state index is -4.57. The SMILES string of the molecule is O=C(Nc1cc2c(cc1Br)OCCO2)OCC(F)(F)F.